The van der Waals surface area contributed by atoms with E-state index in [2.05, 4.69) is 0 Å². The van der Waals surface area contributed by atoms with Gasteiger partial charge in [-0.2, -0.15) is 0 Å². The third-order valence-electron chi connectivity index (χ3n) is 3.78. The van der Waals surface area contributed by atoms with Crippen LogP contribution in [0.15, 0.2) is 36.4 Å². The summed E-state index contributed by atoms with van der Waals surface area (Å²) in [7, 11) is 0. The van der Waals surface area contributed by atoms with Crippen LogP contribution in [0.4, 0.5) is 0 Å². The van der Waals surface area contributed by atoms with Crippen molar-refractivity contribution < 1.29 is 9.59 Å². The topological polar surface area (TPSA) is 34.1 Å². The molecule has 0 heterocycles. The Labute approximate surface area is 115 Å². The Bertz CT molecular complexity index is 891. The second kappa shape index (κ2) is 3.87. The lowest BCUT2D eigenvalue weighted by Crippen LogP contribution is -2.16. The van der Waals surface area contributed by atoms with E-state index < -0.39 is 0 Å². The predicted molar refractivity (Wildman–Crippen MR) is 80.2 cm³/mol. The summed E-state index contributed by atoms with van der Waals surface area (Å²) in [5, 5.41) is 4.11. The quantitative estimate of drug-likeness (QED) is 0.719. The Morgan fingerprint density at radius 3 is 1.45 bits per heavy atom. The number of fused-ring (bicyclic) bond motifs is 5. The summed E-state index contributed by atoms with van der Waals surface area (Å²) in [6.07, 6.45) is 10.2. The Kier molecular flexibility index (Phi) is 2.15. The minimum absolute atomic E-state index is 0.0219. The molecule has 2 aliphatic carbocycles. The van der Waals surface area contributed by atoms with Crippen LogP contribution in [0.5, 0.6) is 0 Å². The molecule has 0 unspecified atom stereocenters. The zero-order chi connectivity index (χ0) is 13.7. The maximum absolute atomic E-state index is 11.4. The summed E-state index contributed by atoms with van der Waals surface area (Å²) in [6.45, 7) is 0. The second-order valence-electron chi connectivity index (χ2n) is 4.99. The van der Waals surface area contributed by atoms with Crippen molar-refractivity contribution in [2.45, 2.75) is 0 Å². The fourth-order valence-electron chi connectivity index (χ4n) is 2.84. The van der Waals surface area contributed by atoms with E-state index in [0.717, 1.165) is 32.3 Å². The van der Waals surface area contributed by atoms with Gasteiger partial charge in [-0.3, -0.25) is 9.59 Å². The van der Waals surface area contributed by atoms with Crippen LogP contribution >= 0.6 is 0 Å². The van der Waals surface area contributed by atoms with E-state index >= 15 is 0 Å². The van der Waals surface area contributed by atoms with Crippen molar-refractivity contribution in [2.75, 3.05) is 0 Å². The van der Waals surface area contributed by atoms with Crippen molar-refractivity contribution in [3.63, 3.8) is 0 Å². The van der Waals surface area contributed by atoms with E-state index in [-0.39, 0.29) is 11.6 Å². The first kappa shape index (κ1) is 11.1. The van der Waals surface area contributed by atoms with Crippen molar-refractivity contribution in [3.05, 3.63) is 58.0 Å². The van der Waals surface area contributed by atoms with Crippen molar-refractivity contribution in [3.8, 4) is 0 Å². The van der Waals surface area contributed by atoms with Crippen molar-refractivity contribution in [1.29, 1.82) is 0 Å². The predicted octanol–water partition coefficient (Wildman–Crippen LogP) is 1.59. The molecule has 0 spiro atoms. The smallest absolute Gasteiger partial charge is 0.179 e. The zero-order valence-corrected chi connectivity index (χ0v) is 10.6. The van der Waals surface area contributed by atoms with Gasteiger partial charge in [-0.05, 0) is 68.8 Å². The average molecular weight is 258 g/mol. The highest BCUT2D eigenvalue weighted by Gasteiger charge is 2.10. The second-order valence-corrected chi connectivity index (χ2v) is 4.99. The summed E-state index contributed by atoms with van der Waals surface area (Å²) in [4.78, 5) is 22.9. The minimum Gasteiger partial charge on any atom is -0.290 e. The highest BCUT2D eigenvalue weighted by molar-refractivity contribution is 6.20. The number of carbonyl (C=O) groups is 2. The molecule has 0 fully saturated rings. The Morgan fingerprint density at radius 2 is 1.00 bits per heavy atom. The molecule has 20 heavy (non-hydrogen) atoms. The lowest BCUT2D eigenvalue weighted by molar-refractivity contribution is -0.110. The van der Waals surface area contributed by atoms with Crippen LogP contribution < -0.4 is 10.4 Å². The largest absolute Gasteiger partial charge is 0.290 e. The minimum atomic E-state index is 0.0219. The molecular formula is C18H10O2. The molecule has 0 amide bonds. The number of rotatable bonds is 0. The van der Waals surface area contributed by atoms with E-state index in [9.17, 15) is 9.59 Å². The Hall–Kier alpha value is -2.74. The van der Waals surface area contributed by atoms with Crippen LogP contribution in [0.1, 0.15) is 11.1 Å². The van der Waals surface area contributed by atoms with E-state index in [1.54, 1.807) is 24.3 Å². The molecule has 2 aromatic rings. The molecular weight excluding hydrogens is 248 g/mol. The van der Waals surface area contributed by atoms with Gasteiger partial charge in [-0.1, -0.05) is 24.3 Å². The maximum Gasteiger partial charge on any atom is 0.179 e. The number of ketones is 2. The standard InChI is InChI=1S/C18H10O2/c19-13-3-7-15-11(9-13)1-5-17-16-8-4-14(20)10-12(16)2-6-18(15)17/h1-10H. The Morgan fingerprint density at radius 1 is 0.550 bits per heavy atom. The van der Waals surface area contributed by atoms with Gasteiger partial charge in [-0.15, -0.1) is 0 Å². The van der Waals surface area contributed by atoms with Gasteiger partial charge in [0.05, 0.1) is 0 Å². The molecule has 94 valence electrons. The highest BCUT2D eigenvalue weighted by Crippen LogP contribution is 2.22. The molecule has 0 saturated heterocycles. The monoisotopic (exact) mass is 258 g/mol. The molecule has 0 bridgehead atoms. The van der Waals surface area contributed by atoms with E-state index in [1.807, 2.05) is 36.4 Å². The zero-order valence-electron chi connectivity index (χ0n) is 10.6. The van der Waals surface area contributed by atoms with E-state index in [0.29, 0.717) is 0 Å². The molecule has 2 aliphatic rings. The summed E-state index contributed by atoms with van der Waals surface area (Å²) in [5.41, 5.74) is 2.13. The van der Waals surface area contributed by atoms with Crippen molar-refractivity contribution >= 4 is 46.6 Å². The fraction of sp³-hybridized carbons (Fsp3) is 0. The number of hydrogen-bond acceptors (Lipinski definition) is 2. The Balaban J connectivity index is 2.17. The van der Waals surface area contributed by atoms with Gasteiger partial charge < -0.3 is 0 Å². The van der Waals surface area contributed by atoms with Crippen LogP contribution in [0, 0.1) is 0 Å². The number of benzene rings is 2. The van der Waals surface area contributed by atoms with Gasteiger partial charge >= 0.3 is 0 Å². The average Bonchev–Trinajstić information content (AvgIpc) is 2.45. The first-order valence-electron chi connectivity index (χ1n) is 6.46. The highest BCUT2D eigenvalue weighted by atomic mass is 16.1. The van der Waals surface area contributed by atoms with Crippen molar-refractivity contribution in [1.82, 2.24) is 0 Å². The SMILES string of the molecule is O=C1C=Cc2c(ccc3c4c(ccc23)=CC(=O)C=C4)=C1. The van der Waals surface area contributed by atoms with Crippen molar-refractivity contribution in [2.24, 2.45) is 0 Å². The van der Waals surface area contributed by atoms with Gasteiger partial charge in [0.1, 0.15) is 0 Å². The van der Waals surface area contributed by atoms with Crippen LogP contribution in [-0.4, -0.2) is 11.6 Å². The molecule has 0 aromatic heterocycles. The molecule has 2 heteroatoms. The van der Waals surface area contributed by atoms with Crippen LogP contribution in [0.25, 0.3) is 35.1 Å². The van der Waals surface area contributed by atoms with Gasteiger partial charge in [-0.25, -0.2) is 0 Å². The fourth-order valence-corrected chi connectivity index (χ4v) is 2.84. The van der Waals surface area contributed by atoms with E-state index in [4.69, 9.17) is 0 Å². The molecule has 0 N–H and O–H groups in total. The van der Waals surface area contributed by atoms with Crippen LogP contribution in [0.2, 0.25) is 0 Å². The van der Waals surface area contributed by atoms with Crippen LogP contribution in [0.3, 0.4) is 0 Å². The molecule has 0 saturated carbocycles. The number of allylic oxidation sites excluding steroid dienone is 2. The summed E-state index contributed by atoms with van der Waals surface area (Å²) in [5.74, 6) is 0.0438. The van der Waals surface area contributed by atoms with Gasteiger partial charge in [0.15, 0.2) is 11.6 Å². The molecule has 0 radical (unpaired) electrons. The molecule has 2 nitrogen and oxygen atoms in total. The maximum atomic E-state index is 11.4. The summed E-state index contributed by atoms with van der Waals surface area (Å²) in [6, 6.07) is 7.96. The van der Waals surface area contributed by atoms with E-state index in [1.165, 1.54) is 0 Å². The third-order valence-corrected chi connectivity index (χ3v) is 3.78. The number of hydrogen-bond donors (Lipinski definition) is 0. The number of carbonyl (C=O) groups excluding carboxylic acids is 2. The first-order chi connectivity index (χ1) is 9.72. The van der Waals surface area contributed by atoms with Gasteiger partial charge in [0.25, 0.3) is 0 Å². The normalized spacial score (nSPS) is 15.6. The molecule has 0 aliphatic heterocycles. The molecule has 2 aromatic carbocycles. The lowest BCUT2D eigenvalue weighted by Gasteiger charge is -2.11. The molecule has 4 rings (SSSR count). The van der Waals surface area contributed by atoms with Gasteiger partial charge in [0.2, 0.25) is 0 Å². The first-order valence-corrected chi connectivity index (χ1v) is 6.46. The third kappa shape index (κ3) is 1.51. The van der Waals surface area contributed by atoms with Crippen LogP contribution in [-0.2, 0) is 9.59 Å². The summed E-state index contributed by atoms with van der Waals surface area (Å²) < 4.78 is 0. The summed E-state index contributed by atoms with van der Waals surface area (Å²) >= 11 is 0. The lowest BCUT2D eigenvalue weighted by atomic mass is 9.92. The molecule has 0 atom stereocenters. The van der Waals surface area contributed by atoms with Gasteiger partial charge in [0, 0.05) is 0 Å².